The van der Waals surface area contributed by atoms with Crippen molar-refractivity contribution in [1.82, 2.24) is 4.98 Å². The van der Waals surface area contributed by atoms with E-state index in [4.69, 9.17) is 18.9 Å². The Kier molecular flexibility index (Phi) is 5.49. The number of pyridine rings is 1. The van der Waals surface area contributed by atoms with Gasteiger partial charge in [0, 0.05) is 18.0 Å². The van der Waals surface area contributed by atoms with E-state index in [0.717, 1.165) is 51.1 Å². The number of hydrogen-bond acceptors (Lipinski definition) is 6. The number of ether oxygens (including phenoxy) is 4. The van der Waals surface area contributed by atoms with Crippen molar-refractivity contribution in [2.45, 2.75) is 6.61 Å². The van der Waals surface area contributed by atoms with E-state index in [0.29, 0.717) is 6.61 Å². The predicted molar refractivity (Wildman–Crippen MR) is 123 cm³/mol. The summed E-state index contributed by atoms with van der Waals surface area (Å²) in [7, 11) is 1.66. The molecule has 0 aliphatic carbocycles. The molecule has 0 bridgehead atoms. The second-order valence-corrected chi connectivity index (χ2v) is 7.32. The third-order valence-corrected chi connectivity index (χ3v) is 5.13. The minimum Gasteiger partial charge on any atom is -0.497 e. The fraction of sp³-hybridized carbons (Fsp3) is 0.115. The average molecular weight is 426 g/mol. The molecule has 0 spiro atoms. The molecule has 0 amide bonds. The van der Waals surface area contributed by atoms with Crippen molar-refractivity contribution in [3.8, 4) is 34.1 Å². The van der Waals surface area contributed by atoms with Crippen LogP contribution >= 0.6 is 0 Å². The van der Waals surface area contributed by atoms with Gasteiger partial charge in [-0.2, -0.15) is 0 Å². The van der Waals surface area contributed by atoms with E-state index >= 15 is 0 Å². The SMILES string of the molecule is COc1ccc(COc2cc(Nc3cccnc3)cc(-c3ccc4c(c3)OCO4)c2)cc1. The molecule has 2 heterocycles. The quantitative estimate of drug-likeness (QED) is 0.402. The summed E-state index contributed by atoms with van der Waals surface area (Å²) in [6, 6.07) is 23.7. The van der Waals surface area contributed by atoms with Gasteiger partial charge in [-0.05, 0) is 65.2 Å². The van der Waals surface area contributed by atoms with Crippen LogP contribution < -0.4 is 24.3 Å². The van der Waals surface area contributed by atoms with E-state index in [1.165, 1.54) is 0 Å². The van der Waals surface area contributed by atoms with Crippen LogP contribution in [0.15, 0.2) is 85.2 Å². The summed E-state index contributed by atoms with van der Waals surface area (Å²) in [5, 5.41) is 3.41. The smallest absolute Gasteiger partial charge is 0.231 e. The molecule has 6 nitrogen and oxygen atoms in total. The maximum Gasteiger partial charge on any atom is 0.231 e. The zero-order valence-corrected chi connectivity index (χ0v) is 17.6. The van der Waals surface area contributed by atoms with Crippen molar-refractivity contribution < 1.29 is 18.9 Å². The fourth-order valence-corrected chi connectivity index (χ4v) is 3.49. The summed E-state index contributed by atoms with van der Waals surface area (Å²) < 4.78 is 22.4. The molecule has 32 heavy (non-hydrogen) atoms. The van der Waals surface area contributed by atoms with Gasteiger partial charge in [-0.25, -0.2) is 0 Å². The lowest BCUT2D eigenvalue weighted by Crippen LogP contribution is -1.98. The molecule has 1 aliphatic heterocycles. The molecule has 4 aromatic rings. The van der Waals surface area contributed by atoms with Crippen LogP contribution in [0.25, 0.3) is 11.1 Å². The third kappa shape index (κ3) is 4.44. The Balaban J connectivity index is 1.44. The number of nitrogens with zero attached hydrogens (tertiary/aromatic N) is 1. The Morgan fingerprint density at radius 1 is 0.844 bits per heavy atom. The molecule has 0 radical (unpaired) electrons. The topological polar surface area (TPSA) is 61.8 Å². The summed E-state index contributed by atoms with van der Waals surface area (Å²) in [4.78, 5) is 4.18. The number of methoxy groups -OCH3 is 1. The summed E-state index contributed by atoms with van der Waals surface area (Å²) in [6.07, 6.45) is 3.53. The standard InChI is InChI=1S/C26H22N2O4/c1-29-23-7-4-18(5-8-23)16-30-24-12-20(19-6-9-25-26(13-19)32-17-31-25)11-22(14-24)28-21-3-2-10-27-15-21/h2-15,28H,16-17H2,1H3. The Morgan fingerprint density at radius 3 is 2.53 bits per heavy atom. The first-order valence-corrected chi connectivity index (χ1v) is 10.2. The zero-order valence-electron chi connectivity index (χ0n) is 17.6. The minimum atomic E-state index is 0.248. The average Bonchev–Trinajstić information content (AvgIpc) is 3.32. The van der Waals surface area contributed by atoms with Crippen molar-refractivity contribution in [1.29, 1.82) is 0 Å². The first-order valence-electron chi connectivity index (χ1n) is 10.2. The highest BCUT2D eigenvalue weighted by Crippen LogP contribution is 2.38. The van der Waals surface area contributed by atoms with Crippen LogP contribution in [0.1, 0.15) is 5.56 Å². The number of rotatable bonds is 7. The molecule has 1 N–H and O–H groups in total. The zero-order chi connectivity index (χ0) is 21.8. The van der Waals surface area contributed by atoms with E-state index in [1.54, 1.807) is 19.5 Å². The van der Waals surface area contributed by atoms with Gasteiger partial charge in [0.1, 0.15) is 18.1 Å². The molecule has 0 saturated heterocycles. The fourth-order valence-electron chi connectivity index (χ4n) is 3.49. The molecule has 0 unspecified atom stereocenters. The van der Waals surface area contributed by atoms with Gasteiger partial charge < -0.3 is 24.3 Å². The summed E-state index contributed by atoms with van der Waals surface area (Å²) in [6.45, 7) is 0.693. The second-order valence-electron chi connectivity index (χ2n) is 7.32. The van der Waals surface area contributed by atoms with E-state index < -0.39 is 0 Å². The predicted octanol–water partition coefficient (Wildman–Crippen LogP) is 5.81. The molecule has 6 heteroatoms. The Hall–Kier alpha value is -4.19. The molecular weight excluding hydrogens is 404 g/mol. The Labute approximate surface area is 186 Å². The maximum atomic E-state index is 6.15. The first-order chi connectivity index (χ1) is 15.8. The Morgan fingerprint density at radius 2 is 1.72 bits per heavy atom. The van der Waals surface area contributed by atoms with Crippen LogP contribution in [0.3, 0.4) is 0 Å². The van der Waals surface area contributed by atoms with Crippen LogP contribution in [0.4, 0.5) is 11.4 Å². The van der Waals surface area contributed by atoms with Crippen LogP contribution in [0.2, 0.25) is 0 Å². The van der Waals surface area contributed by atoms with Crippen molar-refractivity contribution in [3.63, 3.8) is 0 Å². The lowest BCUT2D eigenvalue weighted by Gasteiger charge is -2.14. The molecule has 3 aromatic carbocycles. The number of fused-ring (bicyclic) bond motifs is 1. The number of nitrogens with one attached hydrogen (secondary N) is 1. The van der Waals surface area contributed by atoms with E-state index in [-0.39, 0.29) is 6.79 Å². The molecule has 5 rings (SSSR count). The molecule has 0 atom stereocenters. The molecule has 1 aliphatic rings. The Bertz CT molecular complexity index is 1210. The van der Waals surface area contributed by atoms with Crippen molar-refractivity contribution in [3.05, 3.63) is 90.8 Å². The van der Waals surface area contributed by atoms with Gasteiger partial charge in [-0.1, -0.05) is 18.2 Å². The van der Waals surface area contributed by atoms with E-state index in [2.05, 4.69) is 16.4 Å². The molecule has 0 fully saturated rings. The second kappa shape index (κ2) is 8.89. The highest BCUT2D eigenvalue weighted by molar-refractivity contribution is 5.74. The summed E-state index contributed by atoms with van der Waals surface area (Å²) >= 11 is 0. The number of aromatic nitrogens is 1. The summed E-state index contributed by atoms with van der Waals surface area (Å²) in [5.41, 5.74) is 4.87. The van der Waals surface area contributed by atoms with Crippen LogP contribution in [-0.2, 0) is 6.61 Å². The van der Waals surface area contributed by atoms with Crippen molar-refractivity contribution >= 4 is 11.4 Å². The number of benzene rings is 3. The van der Waals surface area contributed by atoms with Gasteiger partial charge in [0.25, 0.3) is 0 Å². The van der Waals surface area contributed by atoms with Crippen LogP contribution in [0.5, 0.6) is 23.0 Å². The van der Waals surface area contributed by atoms with Gasteiger partial charge in [-0.3, -0.25) is 4.98 Å². The first kappa shape index (κ1) is 19.8. The van der Waals surface area contributed by atoms with Crippen LogP contribution in [0, 0.1) is 0 Å². The van der Waals surface area contributed by atoms with Crippen molar-refractivity contribution in [2.75, 3.05) is 19.2 Å². The van der Waals surface area contributed by atoms with Gasteiger partial charge >= 0.3 is 0 Å². The highest BCUT2D eigenvalue weighted by Gasteiger charge is 2.15. The third-order valence-electron chi connectivity index (χ3n) is 5.13. The van der Waals surface area contributed by atoms with Gasteiger partial charge in [0.15, 0.2) is 11.5 Å². The normalized spacial score (nSPS) is 11.8. The van der Waals surface area contributed by atoms with Crippen molar-refractivity contribution in [2.24, 2.45) is 0 Å². The molecule has 0 saturated carbocycles. The molecule has 1 aromatic heterocycles. The monoisotopic (exact) mass is 426 g/mol. The van der Waals surface area contributed by atoms with Gasteiger partial charge in [-0.15, -0.1) is 0 Å². The largest absolute Gasteiger partial charge is 0.497 e. The van der Waals surface area contributed by atoms with Gasteiger partial charge in [0.2, 0.25) is 6.79 Å². The summed E-state index contributed by atoms with van der Waals surface area (Å²) in [5.74, 6) is 3.08. The number of anilines is 2. The molecular formula is C26H22N2O4. The molecule has 160 valence electrons. The lowest BCUT2D eigenvalue weighted by atomic mass is 10.0. The van der Waals surface area contributed by atoms with E-state index in [9.17, 15) is 0 Å². The van der Waals surface area contributed by atoms with Gasteiger partial charge in [0.05, 0.1) is 19.0 Å². The lowest BCUT2D eigenvalue weighted by molar-refractivity contribution is 0.174. The highest BCUT2D eigenvalue weighted by atomic mass is 16.7. The minimum absolute atomic E-state index is 0.248. The van der Waals surface area contributed by atoms with E-state index in [1.807, 2.05) is 66.7 Å². The van der Waals surface area contributed by atoms with Crippen LogP contribution in [-0.4, -0.2) is 18.9 Å². The maximum absolute atomic E-state index is 6.15. The number of hydrogen-bond donors (Lipinski definition) is 1.